The van der Waals surface area contributed by atoms with Crippen LogP contribution in [-0.4, -0.2) is 53.3 Å². The van der Waals surface area contributed by atoms with Crippen LogP contribution < -0.4 is 9.64 Å². The maximum Gasteiger partial charge on any atom is 0.337 e. The predicted molar refractivity (Wildman–Crippen MR) is 176 cm³/mol. The van der Waals surface area contributed by atoms with Crippen LogP contribution in [0.25, 0.3) is 11.1 Å². The van der Waals surface area contributed by atoms with Crippen LogP contribution in [0.4, 0.5) is 10.1 Å². The van der Waals surface area contributed by atoms with E-state index in [1.165, 1.54) is 23.3 Å². The van der Waals surface area contributed by atoms with E-state index in [0.29, 0.717) is 23.6 Å². The van der Waals surface area contributed by atoms with E-state index < -0.39 is 17.7 Å². The van der Waals surface area contributed by atoms with Crippen molar-refractivity contribution in [1.29, 1.82) is 0 Å². The molecule has 0 radical (unpaired) electrons. The van der Waals surface area contributed by atoms with Crippen LogP contribution in [-0.2, 0) is 29.0 Å². The number of fused-ring (bicyclic) bond motifs is 1. The van der Waals surface area contributed by atoms with Gasteiger partial charge in [0.1, 0.15) is 11.6 Å². The third-order valence-corrected chi connectivity index (χ3v) is 9.20. The number of carbonyl (C=O) groups is 1. The number of aryl methyl sites for hydroxylation is 2. The highest BCUT2D eigenvalue weighted by molar-refractivity contribution is 5.88. The van der Waals surface area contributed by atoms with Crippen molar-refractivity contribution in [3.63, 3.8) is 0 Å². The van der Waals surface area contributed by atoms with E-state index in [2.05, 4.69) is 41.8 Å². The molecule has 2 aliphatic heterocycles. The molecule has 0 saturated carbocycles. The van der Waals surface area contributed by atoms with E-state index in [9.17, 15) is 14.3 Å². The second-order valence-corrected chi connectivity index (χ2v) is 14.4. The quantitative estimate of drug-likeness (QED) is 0.278. The van der Waals surface area contributed by atoms with Crippen LogP contribution in [0.5, 0.6) is 5.75 Å². The van der Waals surface area contributed by atoms with Crippen molar-refractivity contribution in [3.05, 3.63) is 75.9 Å². The lowest BCUT2D eigenvalue weighted by Gasteiger charge is -2.41. The minimum atomic E-state index is -1.14. The average Bonchev–Trinajstić information content (AvgIpc) is 2.96. The molecule has 0 aliphatic carbocycles. The van der Waals surface area contributed by atoms with Gasteiger partial charge in [-0.3, -0.25) is 9.88 Å². The van der Waals surface area contributed by atoms with Gasteiger partial charge in [0.15, 0.2) is 6.10 Å². The molecule has 0 spiro atoms. The summed E-state index contributed by atoms with van der Waals surface area (Å²) in [7, 11) is 1.57. The molecule has 1 unspecified atom stereocenters. The molecule has 3 aromatic rings. The van der Waals surface area contributed by atoms with E-state index in [1.807, 2.05) is 34.6 Å². The van der Waals surface area contributed by atoms with Gasteiger partial charge in [-0.15, -0.1) is 0 Å². The van der Waals surface area contributed by atoms with E-state index in [-0.39, 0.29) is 11.2 Å². The number of aromatic nitrogens is 1. The molecule has 0 bridgehead atoms. The zero-order valence-corrected chi connectivity index (χ0v) is 28.1. The molecule has 242 valence electrons. The van der Waals surface area contributed by atoms with Crippen molar-refractivity contribution >= 4 is 11.7 Å². The molecule has 1 aromatic heterocycles. The SMILES string of the molecule is COc1cc(F)ccc1CN1CCc2cc(-c3c(C)nc(C)c(C(OC(C)(C)C)C(=O)O)c3N3CCC(C)(C)CC3)ccc2C1. The van der Waals surface area contributed by atoms with Gasteiger partial charge in [0.05, 0.1) is 18.4 Å². The van der Waals surface area contributed by atoms with Gasteiger partial charge >= 0.3 is 5.97 Å². The Kier molecular flexibility index (Phi) is 9.30. The van der Waals surface area contributed by atoms with Crippen LogP contribution in [0.1, 0.15) is 87.2 Å². The first kappa shape index (κ1) is 32.9. The Labute approximate surface area is 267 Å². The lowest BCUT2D eigenvalue weighted by atomic mass is 9.81. The normalized spacial score (nSPS) is 17.6. The summed E-state index contributed by atoms with van der Waals surface area (Å²) in [6.45, 7) is 18.2. The summed E-state index contributed by atoms with van der Waals surface area (Å²) >= 11 is 0. The van der Waals surface area contributed by atoms with Gasteiger partial charge < -0.3 is 19.5 Å². The molecule has 1 N–H and O–H groups in total. The average molecular weight is 618 g/mol. The minimum absolute atomic E-state index is 0.234. The monoisotopic (exact) mass is 617 g/mol. The third-order valence-electron chi connectivity index (χ3n) is 9.20. The Morgan fingerprint density at radius 3 is 2.40 bits per heavy atom. The molecule has 45 heavy (non-hydrogen) atoms. The summed E-state index contributed by atoms with van der Waals surface area (Å²) < 4.78 is 25.4. The lowest BCUT2D eigenvalue weighted by Crippen LogP contribution is -2.39. The standard InChI is InChI=1S/C37H48FN3O4/c1-23-31(26-9-10-27-21-40(16-13-25(27)19-26)22-28-11-12-29(38)20-30(28)44-8)33(41-17-14-37(6,7)15-18-41)32(24(2)39-23)34(35(42)43)45-36(3,4)5/h9-12,19-20,34H,13-18,21-22H2,1-8H3,(H,42,43). The van der Waals surface area contributed by atoms with Crippen molar-refractivity contribution in [1.82, 2.24) is 9.88 Å². The Balaban J connectivity index is 1.55. The molecule has 2 aliphatic rings. The van der Waals surface area contributed by atoms with Crippen molar-refractivity contribution < 1.29 is 23.8 Å². The Morgan fingerprint density at radius 2 is 1.76 bits per heavy atom. The number of aliphatic carboxylic acids is 1. The highest BCUT2D eigenvalue weighted by atomic mass is 19.1. The van der Waals surface area contributed by atoms with Crippen molar-refractivity contribution in [2.45, 2.75) is 92.5 Å². The van der Waals surface area contributed by atoms with Crippen LogP contribution in [0.3, 0.4) is 0 Å². The fraction of sp³-hybridized carbons (Fsp3) is 0.514. The summed E-state index contributed by atoms with van der Waals surface area (Å²) in [4.78, 5) is 22.5. The number of carboxylic acids is 1. The molecule has 2 aromatic carbocycles. The maximum atomic E-state index is 13.8. The molecule has 3 heterocycles. The van der Waals surface area contributed by atoms with Crippen LogP contribution in [0.15, 0.2) is 36.4 Å². The smallest absolute Gasteiger partial charge is 0.337 e. The first-order valence-corrected chi connectivity index (χ1v) is 16.0. The van der Waals surface area contributed by atoms with E-state index in [1.54, 1.807) is 13.2 Å². The topological polar surface area (TPSA) is 75.1 Å². The molecule has 1 saturated heterocycles. The second-order valence-electron chi connectivity index (χ2n) is 14.4. The predicted octanol–water partition coefficient (Wildman–Crippen LogP) is 7.64. The first-order valence-electron chi connectivity index (χ1n) is 16.0. The summed E-state index contributed by atoms with van der Waals surface area (Å²) in [5.74, 6) is -0.743. The van der Waals surface area contributed by atoms with Gasteiger partial charge in [0.2, 0.25) is 0 Å². The van der Waals surface area contributed by atoms with Crippen molar-refractivity contribution in [2.75, 3.05) is 31.6 Å². The van der Waals surface area contributed by atoms with Gasteiger partial charge in [-0.25, -0.2) is 9.18 Å². The summed E-state index contributed by atoms with van der Waals surface area (Å²) in [6, 6.07) is 11.3. The number of hydrogen-bond donors (Lipinski definition) is 1. The summed E-state index contributed by atoms with van der Waals surface area (Å²) in [5, 5.41) is 10.5. The summed E-state index contributed by atoms with van der Waals surface area (Å²) in [6.07, 6.45) is 1.76. The van der Waals surface area contributed by atoms with Crippen LogP contribution >= 0.6 is 0 Å². The summed E-state index contributed by atoms with van der Waals surface area (Å²) in [5.41, 5.74) is 8.28. The number of ether oxygens (including phenoxy) is 2. The number of piperidine rings is 1. The number of carboxylic acid groups (broad SMARTS) is 1. The molecular weight excluding hydrogens is 569 g/mol. The number of benzene rings is 2. The number of pyridine rings is 1. The molecule has 1 atom stereocenters. The molecular formula is C37H48FN3O4. The van der Waals surface area contributed by atoms with Gasteiger partial charge in [0, 0.05) is 66.9 Å². The zero-order chi connectivity index (χ0) is 32.7. The number of nitrogens with zero attached hydrogens (tertiary/aromatic N) is 3. The number of methoxy groups -OCH3 is 1. The number of anilines is 1. The Morgan fingerprint density at radius 1 is 1.04 bits per heavy atom. The van der Waals surface area contributed by atoms with Gasteiger partial charge in [0.25, 0.3) is 0 Å². The van der Waals surface area contributed by atoms with Gasteiger partial charge in [-0.05, 0) is 82.1 Å². The van der Waals surface area contributed by atoms with Crippen molar-refractivity contribution in [2.24, 2.45) is 5.41 Å². The number of halogens is 1. The lowest BCUT2D eigenvalue weighted by molar-refractivity contribution is -0.160. The molecule has 7 nitrogen and oxygen atoms in total. The van der Waals surface area contributed by atoms with Crippen LogP contribution in [0, 0.1) is 25.1 Å². The van der Waals surface area contributed by atoms with E-state index in [4.69, 9.17) is 14.5 Å². The second kappa shape index (κ2) is 12.7. The van der Waals surface area contributed by atoms with Gasteiger partial charge in [-0.2, -0.15) is 0 Å². The Hall–Kier alpha value is -3.49. The Bertz CT molecular complexity index is 1570. The van der Waals surface area contributed by atoms with E-state index >= 15 is 0 Å². The minimum Gasteiger partial charge on any atom is -0.496 e. The fourth-order valence-electron chi connectivity index (χ4n) is 6.75. The fourth-order valence-corrected chi connectivity index (χ4v) is 6.75. The van der Waals surface area contributed by atoms with Crippen LogP contribution in [0.2, 0.25) is 0 Å². The zero-order valence-electron chi connectivity index (χ0n) is 28.1. The first-order chi connectivity index (χ1) is 21.2. The highest BCUT2D eigenvalue weighted by Gasteiger charge is 2.36. The number of hydrogen-bond acceptors (Lipinski definition) is 6. The van der Waals surface area contributed by atoms with Crippen molar-refractivity contribution in [3.8, 4) is 16.9 Å². The van der Waals surface area contributed by atoms with Gasteiger partial charge in [-0.1, -0.05) is 38.1 Å². The molecule has 8 heteroatoms. The third kappa shape index (κ3) is 7.33. The maximum absolute atomic E-state index is 13.8. The van der Waals surface area contributed by atoms with E-state index in [0.717, 1.165) is 73.5 Å². The highest BCUT2D eigenvalue weighted by Crippen LogP contribution is 2.45. The molecule has 0 amide bonds. The molecule has 1 fully saturated rings. The molecule has 5 rings (SSSR count). The largest absolute Gasteiger partial charge is 0.496 e. The number of rotatable bonds is 8.